The zero-order valence-corrected chi connectivity index (χ0v) is 9.10. The van der Waals surface area contributed by atoms with Crippen molar-refractivity contribution in [2.45, 2.75) is 44.9 Å². The Hall–Kier alpha value is -0.150. The molecule has 1 saturated heterocycles. The van der Waals surface area contributed by atoms with Gasteiger partial charge in [0.15, 0.2) is 0 Å². The van der Waals surface area contributed by atoms with Gasteiger partial charge in [0.05, 0.1) is 0 Å². The fourth-order valence-electron chi connectivity index (χ4n) is 1.78. The Labute approximate surface area is 80.5 Å². The minimum absolute atomic E-state index is 0.0188. The number of halogens is 1. The van der Waals surface area contributed by atoms with Crippen LogP contribution in [0.4, 0.5) is 4.39 Å². The summed E-state index contributed by atoms with van der Waals surface area (Å²) in [6.45, 7) is 7.80. The molecule has 1 fully saturated rings. The highest BCUT2D eigenvalue weighted by molar-refractivity contribution is 4.88. The lowest BCUT2D eigenvalue weighted by Gasteiger charge is -2.37. The van der Waals surface area contributed by atoms with Crippen LogP contribution in [0.15, 0.2) is 0 Å². The van der Waals surface area contributed by atoms with E-state index >= 15 is 0 Å². The first-order valence-electron chi connectivity index (χ1n) is 4.99. The second-order valence-electron chi connectivity index (χ2n) is 5.07. The molecule has 13 heavy (non-hydrogen) atoms. The Morgan fingerprint density at radius 1 is 1.38 bits per heavy atom. The van der Waals surface area contributed by atoms with Gasteiger partial charge in [-0.15, -0.1) is 0 Å². The van der Waals surface area contributed by atoms with Crippen molar-refractivity contribution in [3.05, 3.63) is 0 Å². The van der Waals surface area contributed by atoms with Crippen molar-refractivity contribution in [3.8, 4) is 0 Å². The molecule has 1 N–H and O–H groups in total. The number of nitrogens with zero attached hydrogens (tertiary/aromatic N) is 1. The average molecular weight is 188 g/mol. The van der Waals surface area contributed by atoms with Crippen LogP contribution in [0.2, 0.25) is 0 Å². The van der Waals surface area contributed by atoms with Crippen molar-refractivity contribution >= 4 is 0 Å². The van der Waals surface area contributed by atoms with Gasteiger partial charge in [-0.2, -0.15) is 0 Å². The van der Waals surface area contributed by atoms with Crippen molar-refractivity contribution in [2.24, 2.45) is 0 Å². The first kappa shape index (κ1) is 10.9. The van der Waals surface area contributed by atoms with Crippen LogP contribution in [0.1, 0.15) is 27.2 Å². The number of hydrogen-bond acceptors (Lipinski definition) is 2. The van der Waals surface area contributed by atoms with Gasteiger partial charge >= 0.3 is 0 Å². The molecule has 0 radical (unpaired) electrons. The molecule has 1 aliphatic heterocycles. The van der Waals surface area contributed by atoms with Crippen LogP contribution < -0.4 is 5.32 Å². The fraction of sp³-hybridized carbons (Fsp3) is 1.00. The van der Waals surface area contributed by atoms with Crippen LogP contribution in [-0.4, -0.2) is 42.8 Å². The van der Waals surface area contributed by atoms with Gasteiger partial charge in [0, 0.05) is 18.1 Å². The van der Waals surface area contributed by atoms with E-state index in [1.165, 1.54) is 0 Å². The molecule has 2 nitrogen and oxygen atoms in total. The van der Waals surface area contributed by atoms with E-state index in [0.717, 1.165) is 13.0 Å². The third-order valence-electron chi connectivity index (χ3n) is 2.36. The summed E-state index contributed by atoms with van der Waals surface area (Å²) in [7, 11) is 1.97. The fourth-order valence-corrected chi connectivity index (χ4v) is 1.78. The smallest absolute Gasteiger partial charge is 0.128 e. The van der Waals surface area contributed by atoms with Crippen LogP contribution in [0.3, 0.4) is 0 Å². The molecule has 0 saturated carbocycles. The van der Waals surface area contributed by atoms with E-state index in [0.29, 0.717) is 6.54 Å². The maximum absolute atomic E-state index is 13.5. The summed E-state index contributed by atoms with van der Waals surface area (Å²) in [4.78, 5) is 2.05. The predicted molar refractivity (Wildman–Crippen MR) is 53.7 cm³/mol. The lowest BCUT2D eigenvalue weighted by atomic mass is 9.99. The predicted octanol–water partition coefficient (Wildman–Crippen LogP) is 1.42. The summed E-state index contributed by atoms with van der Waals surface area (Å²) in [5.74, 6) is 0. The first-order chi connectivity index (χ1) is 5.88. The van der Waals surface area contributed by atoms with Crippen LogP contribution in [-0.2, 0) is 0 Å². The second kappa shape index (κ2) is 3.93. The molecule has 0 aromatic rings. The number of hydrogen-bond donors (Lipinski definition) is 1. The molecule has 1 aliphatic rings. The number of likely N-dealkylation sites (tertiary alicyclic amines) is 1. The quantitative estimate of drug-likeness (QED) is 0.669. The number of alkyl halides is 1. The molecule has 0 spiro atoms. The van der Waals surface area contributed by atoms with Gasteiger partial charge in [-0.1, -0.05) is 0 Å². The van der Waals surface area contributed by atoms with Crippen LogP contribution in [0.5, 0.6) is 0 Å². The van der Waals surface area contributed by atoms with Crippen molar-refractivity contribution in [2.75, 3.05) is 20.1 Å². The number of nitrogens with one attached hydrogen (secondary N) is 1. The Balaban J connectivity index is 2.43. The van der Waals surface area contributed by atoms with Crippen molar-refractivity contribution in [1.29, 1.82) is 0 Å². The van der Waals surface area contributed by atoms with Gasteiger partial charge in [0.2, 0.25) is 0 Å². The zero-order chi connectivity index (χ0) is 10.1. The van der Waals surface area contributed by atoms with Crippen LogP contribution in [0, 0.1) is 0 Å². The van der Waals surface area contributed by atoms with Crippen LogP contribution in [0.25, 0.3) is 0 Å². The Kier molecular flexibility index (Phi) is 3.30. The second-order valence-corrected chi connectivity index (χ2v) is 5.07. The van der Waals surface area contributed by atoms with E-state index in [1.54, 1.807) is 0 Å². The SMILES string of the molecule is CN1CC[C@@H](NC(C)(C)C)[C@H](F)C1. The molecule has 78 valence electrons. The molecule has 0 bridgehead atoms. The summed E-state index contributed by atoms with van der Waals surface area (Å²) >= 11 is 0. The molecule has 0 amide bonds. The largest absolute Gasteiger partial charge is 0.306 e. The molecule has 1 heterocycles. The van der Waals surface area contributed by atoms with E-state index in [1.807, 2.05) is 11.9 Å². The lowest BCUT2D eigenvalue weighted by Crippen LogP contribution is -2.54. The highest BCUT2D eigenvalue weighted by atomic mass is 19.1. The molecule has 0 unspecified atom stereocenters. The molecule has 0 aromatic heterocycles. The minimum atomic E-state index is -0.724. The average Bonchev–Trinajstić information content (AvgIpc) is 1.93. The summed E-state index contributed by atoms with van der Waals surface area (Å²) in [6, 6.07) is 0.0381. The van der Waals surface area contributed by atoms with E-state index in [4.69, 9.17) is 0 Å². The molecular formula is C10H21FN2. The molecule has 0 aliphatic carbocycles. The first-order valence-corrected chi connectivity index (χ1v) is 4.99. The third kappa shape index (κ3) is 3.61. The molecular weight excluding hydrogens is 167 g/mol. The highest BCUT2D eigenvalue weighted by Crippen LogP contribution is 2.15. The molecule has 1 rings (SSSR count). The maximum atomic E-state index is 13.5. The van der Waals surface area contributed by atoms with Gasteiger partial charge in [0.25, 0.3) is 0 Å². The van der Waals surface area contributed by atoms with E-state index in [-0.39, 0.29) is 11.6 Å². The molecule has 2 atom stereocenters. The van der Waals surface area contributed by atoms with Crippen molar-refractivity contribution in [3.63, 3.8) is 0 Å². The van der Waals surface area contributed by atoms with Gasteiger partial charge in [-0.25, -0.2) is 4.39 Å². The summed E-state index contributed by atoms with van der Waals surface area (Å²) in [5.41, 5.74) is 0.0188. The minimum Gasteiger partial charge on any atom is -0.306 e. The normalized spacial score (nSPS) is 32.1. The number of piperidine rings is 1. The van der Waals surface area contributed by atoms with Gasteiger partial charge < -0.3 is 10.2 Å². The Morgan fingerprint density at radius 3 is 2.46 bits per heavy atom. The lowest BCUT2D eigenvalue weighted by molar-refractivity contribution is 0.108. The highest BCUT2D eigenvalue weighted by Gasteiger charge is 2.29. The van der Waals surface area contributed by atoms with E-state index in [9.17, 15) is 4.39 Å². The number of rotatable bonds is 1. The molecule has 0 aromatic carbocycles. The van der Waals surface area contributed by atoms with Gasteiger partial charge in [0.1, 0.15) is 6.17 Å². The maximum Gasteiger partial charge on any atom is 0.128 e. The van der Waals surface area contributed by atoms with E-state index in [2.05, 4.69) is 26.1 Å². The summed E-state index contributed by atoms with van der Waals surface area (Å²) in [6.07, 6.45) is 0.188. The van der Waals surface area contributed by atoms with Crippen molar-refractivity contribution < 1.29 is 4.39 Å². The van der Waals surface area contributed by atoms with E-state index < -0.39 is 6.17 Å². The van der Waals surface area contributed by atoms with Crippen molar-refractivity contribution in [1.82, 2.24) is 10.2 Å². The molecule has 3 heteroatoms. The van der Waals surface area contributed by atoms with Crippen LogP contribution >= 0.6 is 0 Å². The standard InChI is InChI=1S/C10H21FN2/c1-10(2,3)12-9-5-6-13(4)7-8(9)11/h8-9,12H,5-7H2,1-4H3/t8-,9-/m1/s1. The van der Waals surface area contributed by atoms with Gasteiger partial charge in [-0.05, 0) is 40.8 Å². The zero-order valence-electron chi connectivity index (χ0n) is 9.10. The monoisotopic (exact) mass is 188 g/mol. The summed E-state index contributed by atoms with van der Waals surface area (Å²) in [5, 5.41) is 3.33. The third-order valence-corrected chi connectivity index (χ3v) is 2.36. The van der Waals surface area contributed by atoms with Gasteiger partial charge in [-0.3, -0.25) is 0 Å². The summed E-state index contributed by atoms with van der Waals surface area (Å²) < 4.78 is 13.5. The topological polar surface area (TPSA) is 15.3 Å². The Bertz CT molecular complexity index is 165. The Morgan fingerprint density at radius 2 is 2.00 bits per heavy atom.